The van der Waals surface area contributed by atoms with Gasteiger partial charge in [-0.1, -0.05) is 53.5 Å². The van der Waals surface area contributed by atoms with Crippen molar-refractivity contribution in [1.29, 1.82) is 0 Å². The summed E-state index contributed by atoms with van der Waals surface area (Å²) in [6, 6.07) is 8.08. The highest BCUT2D eigenvalue weighted by molar-refractivity contribution is 6.41. The molecule has 0 aliphatic heterocycles. The molecule has 2 fully saturated rings. The van der Waals surface area contributed by atoms with E-state index in [0.717, 1.165) is 22.3 Å². The fourth-order valence-corrected chi connectivity index (χ4v) is 8.38. The summed E-state index contributed by atoms with van der Waals surface area (Å²) in [6.07, 6.45) is 10.1. The second-order valence-electron chi connectivity index (χ2n) is 16.5. The Morgan fingerprint density at radius 3 is 2.04 bits per heavy atom. The molecule has 2 aliphatic carbocycles. The number of methoxy groups -OCH3 is 1. The standard InChI is InChI=1S/C46H57NO9/c1-28(2)12-11-21-44(9)34(15-13-29(3)4)26-45(22-19-30(5)6)41(50)39(42(51)46(44,43(45)52)23-20-31(7)8)40(49)32-14-17-38(36(48)25-32)56-27-33-24-35(47(53)54)16-18-37(33)55-10/h12-14,16-20,24-25,34,48-49H,11,15,21-23,26-27H2,1-10H3/t34-,44+,45-,46+/m0/s1. The predicted octanol–water partition coefficient (Wildman–Crippen LogP) is 10.7. The summed E-state index contributed by atoms with van der Waals surface area (Å²) in [5, 5.41) is 34.6. The summed E-state index contributed by atoms with van der Waals surface area (Å²) < 4.78 is 11.1. The number of phenols is 1. The van der Waals surface area contributed by atoms with E-state index >= 15 is 14.4 Å². The number of hydrogen-bond acceptors (Lipinski definition) is 9. The van der Waals surface area contributed by atoms with E-state index in [0.29, 0.717) is 30.6 Å². The van der Waals surface area contributed by atoms with Gasteiger partial charge in [-0.25, -0.2) is 0 Å². The maximum absolute atomic E-state index is 15.5. The number of ketones is 3. The van der Waals surface area contributed by atoms with Crippen molar-refractivity contribution in [3.63, 3.8) is 0 Å². The first kappa shape index (κ1) is 43.5. The topological polar surface area (TPSA) is 153 Å². The number of benzene rings is 2. The lowest BCUT2D eigenvalue weighted by molar-refractivity contribution is -0.385. The van der Waals surface area contributed by atoms with E-state index in [4.69, 9.17) is 9.47 Å². The van der Waals surface area contributed by atoms with Gasteiger partial charge in [-0.15, -0.1) is 0 Å². The largest absolute Gasteiger partial charge is 0.506 e. The van der Waals surface area contributed by atoms with Crippen molar-refractivity contribution in [3.8, 4) is 17.2 Å². The van der Waals surface area contributed by atoms with Crippen LogP contribution >= 0.6 is 0 Å². The Balaban J connectivity index is 1.95. The highest BCUT2D eigenvalue weighted by atomic mass is 16.6. The summed E-state index contributed by atoms with van der Waals surface area (Å²) in [5.74, 6) is -2.69. The van der Waals surface area contributed by atoms with E-state index in [9.17, 15) is 20.3 Å². The molecule has 2 bridgehead atoms. The number of phenolic OH excluding ortho intramolecular Hbond substituents is 1. The Labute approximate surface area is 330 Å². The first-order chi connectivity index (χ1) is 26.2. The second-order valence-corrected chi connectivity index (χ2v) is 16.5. The molecule has 0 spiro atoms. The van der Waals surface area contributed by atoms with Crippen LogP contribution in [0.4, 0.5) is 5.69 Å². The molecule has 2 aromatic rings. The number of non-ortho nitro benzene ring substituents is 1. The van der Waals surface area contributed by atoms with E-state index in [1.165, 1.54) is 43.5 Å². The van der Waals surface area contributed by atoms with Crippen LogP contribution in [0.5, 0.6) is 17.2 Å². The summed E-state index contributed by atoms with van der Waals surface area (Å²) in [4.78, 5) is 56.8. The Bertz CT molecular complexity index is 2050. The molecule has 0 unspecified atom stereocenters. The van der Waals surface area contributed by atoms with Crippen LogP contribution in [0.1, 0.15) is 112 Å². The molecule has 2 saturated carbocycles. The van der Waals surface area contributed by atoms with Crippen molar-refractivity contribution < 1.29 is 39.0 Å². The second kappa shape index (κ2) is 17.3. The van der Waals surface area contributed by atoms with Crippen LogP contribution in [-0.4, -0.2) is 39.6 Å². The van der Waals surface area contributed by atoms with Crippen LogP contribution in [0.2, 0.25) is 0 Å². The maximum atomic E-state index is 15.5. The number of nitrogens with zero attached hydrogens (tertiary/aromatic N) is 1. The van der Waals surface area contributed by atoms with Crippen LogP contribution in [0.15, 0.2) is 88.6 Å². The van der Waals surface area contributed by atoms with Crippen LogP contribution in [0.3, 0.4) is 0 Å². The van der Waals surface area contributed by atoms with E-state index in [1.807, 2.05) is 74.5 Å². The molecule has 2 N–H and O–H groups in total. The van der Waals surface area contributed by atoms with Gasteiger partial charge in [0, 0.05) is 23.3 Å². The molecule has 0 saturated heterocycles. The minimum absolute atomic E-state index is 0.00559. The molecule has 0 amide bonds. The van der Waals surface area contributed by atoms with Gasteiger partial charge in [0.1, 0.15) is 29.1 Å². The molecule has 0 heterocycles. The van der Waals surface area contributed by atoms with E-state index < -0.39 is 49.8 Å². The van der Waals surface area contributed by atoms with Crippen molar-refractivity contribution in [2.75, 3.05) is 7.11 Å². The zero-order chi connectivity index (χ0) is 41.7. The smallest absolute Gasteiger partial charge is 0.270 e. The molecule has 2 aromatic carbocycles. The number of ether oxygens (including phenoxy) is 2. The lowest BCUT2D eigenvalue weighted by Crippen LogP contribution is -2.70. The Morgan fingerprint density at radius 2 is 1.46 bits per heavy atom. The number of allylic oxidation sites excluding steroid dienone is 9. The van der Waals surface area contributed by atoms with Crippen molar-refractivity contribution in [2.45, 2.75) is 107 Å². The van der Waals surface area contributed by atoms with E-state index in [1.54, 1.807) is 0 Å². The summed E-state index contributed by atoms with van der Waals surface area (Å²) >= 11 is 0. The number of carbonyl (C=O) groups is 3. The van der Waals surface area contributed by atoms with Crippen molar-refractivity contribution in [3.05, 3.63) is 110 Å². The molecule has 0 aromatic heterocycles. The van der Waals surface area contributed by atoms with Gasteiger partial charge in [-0.3, -0.25) is 24.5 Å². The third-order valence-corrected chi connectivity index (χ3v) is 11.6. The molecule has 300 valence electrons. The minimum atomic E-state index is -1.67. The van der Waals surface area contributed by atoms with Gasteiger partial charge in [0.25, 0.3) is 5.69 Å². The van der Waals surface area contributed by atoms with Crippen LogP contribution < -0.4 is 9.47 Å². The Hall–Kier alpha value is -5.25. The molecule has 10 nitrogen and oxygen atoms in total. The summed E-state index contributed by atoms with van der Waals surface area (Å²) in [5.41, 5.74) is -0.364. The quantitative estimate of drug-likeness (QED) is 0.0343. The van der Waals surface area contributed by atoms with Gasteiger partial charge >= 0.3 is 0 Å². The zero-order valence-electron chi connectivity index (χ0n) is 34.5. The predicted molar refractivity (Wildman–Crippen MR) is 219 cm³/mol. The summed E-state index contributed by atoms with van der Waals surface area (Å²) in [7, 11) is 1.42. The fourth-order valence-electron chi connectivity index (χ4n) is 8.38. The lowest BCUT2D eigenvalue weighted by Gasteiger charge is -2.61. The van der Waals surface area contributed by atoms with Crippen molar-refractivity contribution >= 4 is 28.8 Å². The number of Topliss-reactive ketones (excluding diaryl/α,β-unsaturated/α-hetero) is 3. The highest BCUT2D eigenvalue weighted by Gasteiger charge is 2.74. The molecule has 2 aliphatic rings. The molecule has 10 heteroatoms. The number of hydrogen-bond donors (Lipinski definition) is 2. The molecular formula is C46H57NO9. The lowest BCUT2D eigenvalue weighted by atomic mass is 9.37. The SMILES string of the molecule is COc1ccc([N+](=O)[O-])cc1COc1ccc(C(O)=C2C(=O)[C@]3(CC=C(C)C)C[C@H](CC=C(C)C)[C@@](C)(CCC=C(C)C)[C@](CC=C(C)C)(C2=O)C3=O)cc1O. The van der Waals surface area contributed by atoms with Gasteiger partial charge in [0.2, 0.25) is 0 Å². The van der Waals surface area contributed by atoms with Crippen molar-refractivity contribution in [1.82, 2.24) is 0 Å². The number of fused-ring (bicyclic) bond motifs is 2. The van der Waals surface area contributed by atoms with Gasteiger partial charge in [-0.2, -0.15) is 0 Å². The van der Waals surface area contributed by atoms with Gasteiger partial charge in [-0.05, 0) is 130 Å². The maximum Gasteiger partial charge on any atom is 0.270 e. The van der Waals surface area contributed by atoms with Gasteiger partial charge in [0.05, 0.1) is 17.4 Å². The Morgan fingerprint density at radius 1 is 0.857 bits per heavy atom. The number of rotatable bonds is 15. The van der Waals surface area contributed by atoms with Crippen LogP contribution in [-0.2, 0) is 21.0 Å². The average molecular weight is 768 g/mol. The average Bonchev–Trinajstić information content (AvgIpc) is 3.12. The van der Waals surface area contributed by atoms with Gasteiger partial charge < -0.3 is 19.7 Å². The van der Waals surface area contributed by atoms with E-state index in [-0.39, 0.29) is 54.6 Å². The van der Waals surface area contributed by atoms with E-state index in [2.05, 4.69) is 12.2 Å². The number of nitro groups is 1. The number of nitro benzene ring substituents is 1. The van der Waals surface area contributed by atoms with Crippen molar-refractivity contribution in [2.24, 2.45) is 22.2 Å². The third kappa shape index (κ3) is 8.30. The highest BCUT2D eigenvalue weighted by Crippen LogP contribution is 2.67. The molecule has 56 heavy (non-hydrogen) atoms. The third-order valence-electron chi connectivity index (χ3n) is 11.6. The molecular weight excluding hydrogens is 711 g/mol. The summed E-state index contributed by atoms with van der Waals surface area (Å²) in [6.45, 7) is 17.5. The number of aliphatic hydroxyl groups excluding tert-OH is 1. The van der Waals surface area contributed by atoms with Crippen LogP contribution in [0, 0.1) is 32.3 Å². The number of aliphatic hydroxyl groups is 1. The molecule has 0 radical (unpaired) electrons. The van der Waals surface area contributed by atoms with Crippen LogP contribution in [0.25, 0.3) is 5.76 Å². The Kier molecular flexibility index (Phi) is 13.4. The zero-order valence-corrected chi connectivity index (χ0v) is 34.5. The minimum Gasteiger partial charge on any atom is -0.506 e. The number of aromatic hydroxyl groups is 1. The first-order valence-corrected chi connectivity index (χ1v) is 19.1. The monoisotopic (exact) mass is 767 g/mol. The normalized spacial score (nSPS) is 23.8. The molecule has 4 atom stereocenters. The number of carbonyl (C=O) groups excluding carboxylic acids is 3. The fraction of sp³-hybridized carbons (Fsp3) is 0.457. The van der Waals surface area contributed by atoms with Gasteiger partial charge in [0.15, 0.2) is 28.8 Å². The first-order valence-electron chi connectivity index (χ1n) is 19.1. The molecule has 4 rings (SSSR count).